The number of benzene rings is 2. The SMILES string of the molecule is Cc1cc(Cl)c(OCCOc2ncc(C3=C(C(=O)N(Cc4cccc(C(F)(F)F)c4C)C4CC4)[C@H]4CNC[C@@H](C3)N4)s2)c(Cl)c1. The molecule has 1 aromatic heterocycles. The van der Waals surface area contributed by atoms with E-state index in [1.165, 1.54) is 24.3 Å². The summed E-state index contributed by atoms with van der Waals surface area (Å²) in [5.41, 5.74) is 2.45. The molecule has 2 N–H and O–H groups in total. The fraction of sp³-hybridized carbons (Fsp3) is 0.438. The van der Waals surface area contributed by atoms with Gasteiger partial charge in [0.15, 0.2) is 5.75 Å². The van der Waals surface area contributed by atoms with Crippen molar-refractivity contribution in [3.05, 3.63) is 79.3 Å². The number of carbonyl (C=O) groups excluding carboxylic acids is 1. The van der Waals surface area contributed by atoms with Gasteiger partial charge in [-0.15, -0.1) is 0 Å². The van der Waals surface area contributed by atoms with Crippen LogP contribution in [0.1, 0.15) is 46.4 Å². The molecule has 2 atom stereocenters. The lowest BCUT2D eigenvalue weighted by atomic mass is 9.86. The minimum atomic E-state index is -4.46. The maximum atomic E-state index is 14.4. The predicted molar refractivity (Wildman–Crippen MR) is 169 cm³/mol. The zero-order chi connectivity index (χ0) is 31.9. The molecule has 240 valence electrons. The Morgan fingerprint density at radius 1 is 1.11 bits per heavy atom. The Morgan fingerprint density at radius 3 is 2.56 bits per heavy atom. The van der Waals surface area contributed by atoms with Crippen LogP contribution in [0.3, 0.4) is 0 Å². The Labute approximate surface area is 273 Å². The van der Waals surface area contributed by atoms with Crippen molar-refractivity contribution in [2.24, 2.45) is 0 Å². The molecule has 3 aliphatic rings. The van der Waals surface area contributed by atoms with E-state index in [1.54, 1.807) is 29.3 Å². The number of alkyl halides is 3. The first-order chi connectivity index (χ1) is 21.5. The maximum absolute atomic E-state index is 14.4. The summed E-state index contributed by atoms with van der Waals surface area (Å²) < 4.78 is 52.6. The molecule has 0 unspecified atom stereocenters. The fourth-order valence-electron chi connectivity index (χ4n) is 6.01. The second-order valence-electron chi connectivity index (χ2n) is 11.7. The molecule has 6 rings (SSSR count). The van der Waals surface area contributed by atoms with Gasteiger partial charge >= 0.3 is 6.18 Å². The van der Waals surface area contributed by atoms with Gasteiger partial charge in [-0.3, -0.25) is 4.79 Å². The van der Waals surface area contributed by atoms with Crippen molar-refractivity contribution in [1.82, 2.24) is 20.5 Å². The van der Waals surface area contributed by atoms with Crippen molar-refractivity contribution in [3.63, 3.8) is 0 Å². The molecule has 1 aliphatic carbocycles. The molecule has 1 saturated heterocycles. The molecule has 1 saturated carbocycles. The maximum Gasteiger partial charge on any atom is 0.416 e. The van der Waals surface area contributed by atoms with Gasteiger partial charge in [0.1, 0.15) is 13.2 Å². The van der Waals surface area contributed by atoms with Gasteiger partial charge in [-0.2, -0.15) is 13.2 Å². The number of aromatic nitrogens is 1. The number of nitrogens with one attached hydrogen (secondary N) is 2. The highest BCUT2D eigenvalue weighted by atomic mass is 35.5. The van der Waals surface area contributed by atoms with Crippen LogP contribution < -0.4 is 20.1 Å². The number of piperazine rings is 1. The van der Waals surface area contributed by atoms with Crippen molar-refractivity contribution >= 4 is 46.0 Å². The normalized spacial score (nSPS) is 19.9. The number of nitrogens with zero attached hydrogens (tertiary/aromatic N) is 2. The molecule has 13 heteroatoms. The quantitative estimate of drug-likeness (QED) is 0.229. The Balaban J connectivity index is 1.22. The summed E-state index contributed by atoms with van der Waals surface area (Å²) in [6.07, 6.45) is -0.472. The molecule has 0 radical (unpaired) electrons. The van der Waals surface area contributed by atoms with Gasteiger partial charge in [0.2, 0.25) is 0 Å². The zero-order valence-corrected chi connectivity index (χ0v) is 27.1. The third-order valence-corrected chi connectivity index (χ3v) is 9.88. The number of hydrogen-bond acceptors (Lipinski definition) is 7. The minimum Gasteiger partial charge on any atom is -0.487 e. The average Bonchev–Trinajstić information content (AvgIpc) is 3.71. The van der Waals surface area contributed by atoms with Crippen LogP contribution in [-0.4, -0.2) is 60.2 Å². The summed E-state index contributed by atoms with van der Waals surface area (Å²) in [4.78, 5) is 21.4. The summed E-state index contributed by atoms with van der Waals surface area (Å²) in [5, 5.41) is 8.28. The standard InChI is InChI=1S/C32H33Cl2F3N4O3S/c1-17-10-24(33)29(25(34)11-17)43-8-9-44-31-39-15-27(45-31)22-12-20-13-38-14-26(40-20)28(22)30(42)41(21-6-7-21)16-19-4-3-5-23(18(19)2)32(35,36)37/h3-5,10-11,15,20-21,26,38,40H,6-9,12-14,16H2,1-2H3/t20-,26-/m1/s1. The van der Waals surface area contributed by atoms with Crippen molar-refractivity contribution in [1.29, 1.82) is 0 Å². The van der Waals surface area contributed by atoms with Gasteiger partial charge in [-0.05, 0) is 73.6 Å². The number of ether oxygens (including phenoxy) is 2. The number of fused-ring (bicyclic) bond motifs is 2. The lowest BCUT2D eigenvalue weighted by Gasteiger charge is -2.40. The Morgan fingerprint density at radius 2 is 1.84 bits per heavy atom. The molecule has 2 bridgehead atoms. The van der Waals surface area contributed by atoms with Gasteiger partial charge in [-0.25, -0.2) is 4.98 Å². The van der Waals surface area contributed by atoms with E-state index in [-0.39, 0.29) is 49.4 Å². The molecule has 3 heterocycles. The van der Waals surface area contributed by atoms with Crippen molar-refractivity contribution in [3.8, 4) is 10.9 Å². The topological polar surface area (TPSA) is 75.7 Å². The van der Waals surface area contributed by atoms with Crippen LogP contribution in [0.5, 0.6) is 10.9 Å². The summed E-state index contributed by atoms with van der Waals surface area (Å²) in [6, 6.07) is 7.63. The number of rotatable bonds is 10. The number of hydrogen-bond donors (Lipinski definition) is 2. The van der Waals surface area contributed by atoms with Gasteiger partial charge in [-0.1, -0.05) is 46.7 Å². The van der Waals surface area contributed by atoms with Crippen LogP contribution >= 0.6 is 34.5 Å². The molecule has 2 fully saturated rings. The molecule has 45 heavy (non-hydrogen) atoms. The average molecular weight is 682 g/mol. The molecular weight excluding hydrogens is 648 g/mol. The molecular formula is C32H33Cl2F3N4O3S. The first-order valence-electron chi connectivity index (χ1n) is 14.8. The van der Waals surface area contributed by atoms with E-state index < -0.39 is 11.7 Å². The fourth-order valence-corrected chi connectivity index (χ4v) is 7.58. The lowest BCUT2D eigenvalue weighted by Crippen LogP contribution is -2.59. The summed E-state index contributed by atoms with van der Waals surface area (Å²) >= 11 is 13.9. The highest BCUT2D eigenvalue weighted by Gasteiger charge is 2.42. The number of thiazole rings is 1. The summed E-state index contributed by atoms with van der Waals surface area (Å²) in [6.45, 7) is 5.24. The Hall–Kier alpha value is -2.83. The number of carbonyl (C=O) groups is 1. The van der Waals surface area contributed by atoms with Crippen LogP contribution in [0.25, 0.3) is 5.57 Å². The molecule has 2 aromatic carbocycles. The van der Waals surface area contributed by atoms with Crippen LogP contribution in [-0.2, 0) is 17.5 Å². The van der Waals surface area contributed by atoms with E-state index in [9.17, 15) is 18.0 Å². The van der Waals surface area contributed by atoms with E-state index in [4.69, 9.17) is 32.7 Å². The lowest BCUT2D eigenvalue weighted by molar-refractivity contribution is -0.138. The second kappa shape index (κ2) is 13.1. The molecule has 0 spiro atoms. The van der Waals surface area contributed by atoms with Crippen molar-refractivity contribution in [2.45, 2.75) is 64.0 Å². The molecule has 7 nitrogen and oxygen atoms in total. The van der Waals surface area contributed by atoms with Crippen LogP contribution in [0.2, 0.25) is 10.0 Å². The number of amides is 1. The van der Waals surface area contributed by atoms with Crippen LogP contribution in [0, 0.1) is 13.8 Å². The zero-order valence-electron chi connectivity index (χ0n) is 24.8. The van der Waals surface area contributed by atoms with Gasteiger partial charge in [0, 0.05) is 43.5 Å². The third kappa shape index (κ3) is 7.12. The second-order valence-corrected chi connectivity index (χ2v) is 13.5. The van der Waals surface area contributed by atoms with Gasteiger partial charge in [0.25, 0.3) is 11.1 Å². The first-order valence-corrected chi connectivity index (χ1v) is 16.4. The van der Waals surface area contributed by atoms with E-state index >= 15 is 0 Å². The monoisotopic (exact) mass is 680 g/mol. The summed E-state index contributed by atoms with van der Waals surface area (Å²) in [7, 11) is 0. The Kier molecular flexibility index (Phi) is 9.36. The third-order valence-electron chi connectivity index (χ3n) is 8.35. The van der Waals surface area contributed by atoms with Crippen LogP contribution in [0.15, 0.2) is 42.1 Å². The van der Waals surface area contributed by atoms with Gasteiger partial charge < -0.3 is 25.0 Å². The van der Waals surface area contributed by atoms with Crippen molar-refractivity contribution < 1.29 is 27.4 Å². The molecule has 3 aromatic rings. The highest BCUT2D eigenvalue weighted by molar-refractivity contribution is 7.14. The van der Waals surface area contributed by atoms with E-state index in [2.05, 4.69) is 15.6 Å². The smallest absolute Gasteiger partial charge is 0.416 e. The van der Waals surface area contributed by atoms with E-state index in [0.717, 1.165) is 41.5 Å². The minimum absolute atomic E-state index is 0.00893. The largest absolute Gasteiger partial charge is 0.487 e. The van der Waals surface area contributed by atoms with E-state index in [0.29, 0.717) is 45.1 Å². The highest BCUT2D eigenvalue weighted by Crippen LogP contribution is 2.40. The molecule has 1 amide bonds. The number of halogens is 5. The number of aryl methyl sites for hydroxylation is 1. The Bertz CT molecular complexity index is 1600. The molecule has 2 aliphatic heterocycles. The summed E-state index contributed by atoms with van der Waals surface area (Å²) in [5.74, 6) is 0.246. The van der Waals surface area contributed by atoms with Gasteiger partial charge in [0.05, 0.1) is 26.5 Å². The first kappa shape index (κ1) is 32.1. The van der Waals surface area contributed by atoms with Crippen LogP contribution in [0.4, 0.5) is 13.2 Å². The van der Waals surface area contributed by atoms with E-state index in [1.807, 2.05) is 6.92 Å². The predicted octanol–water partition coefficient (Wildman–Crippen LogP) is 6.82. The van der Waals surface area contributed by atoms with Crippen molar-refractivity contribution in [2.75, 3.05) is 26.3 Å².